The van der Waals surface area contributed by atoms with E-state index in [-0.39, 0.29) is 0 Å². The lowest BCUT2D eigenvalue weighted by molar-refractivity contribution is 0.767. The van der Waals surface area contributed by atoms with Gasteiger partial charge in [-0.15, -0.1) is 11.3 Å². The molecule has 53 heavy (non-hydrogen) atoms. The fourth-order valence-electron chi connectivity index (χ4n) is 9.48. The Morgan fingerprint density at radius 2 is 1.08 bits per heavy atom. The van der Waals surface area contributed by atoms with E-state index in [1.807, 2.05) is 11.3 Å². The molecule has 2 nitrogen and oxygen atoms in total. The largest absolute Gasteiger partial charge is 0.341 e. The van der Waals surface area contributed by atoms with Crippen molar-refractivity contribution in [2.75, 3.05) is 22.9 Å². The number of aryl methyl sites for hydroxylation is 3. The van der Waals surface area contributed by atoms with E-state index < -0.39 is 0 Å². The lowest BCUT2D eigenvalue weighted by Gasteiger charge is -2.32. The van der Waals surface area contributed by atoms with Gasteiger partial charge in [0.2, 0.25) is 0 Å². The quantitative estimate of drug-likeness (QED) is 0.169. The Bertz CT molecular complexity index is 2750. The average Bonchev–Trinajstić information content (AvgIpc) is 3.60. The summed E-state index contributed by atoms with van der Waals surface area (Å²) < 4.78 is 1.39. The molecule has 1 aromatic heterocycles. The maximum atomic E-state index is 2.55. The van der Waals surface area contributed by atoms with Crippen molar-refractivity contribution < 1.29 is 0 Å². The van der Waals surface area contributed by atoms with Gasteiger partial charge in [-0.1, -0.05) is 97.1 Å². The second-order valence-corrected chi connectivity index (χ2v) is 16.1. The zero-order valence-corrected chi connectivity index (χ0v) is 30.6. The molecule has 3 heteroatoms. The molecule has 3 heterocycles. The van der Waals surface area contributed by atoms with Crippen molar-refractivity contribution in [3.8, 4) is 22.3 Å². The van der Waals surface area contributed by atoms with Crippen LogP contribution in [0.4, 0.5) is 22.7 Å². The van der Waals surface area contributed by atoms with E-state index >= 15 is 0 Å². The lowest BCUT2D eigenvalue weighted by atomic mass is 9.85. The molecule has 1 aliphatic carbocycles. The van der Waals surface area contributed by atoms with Crippen LogP contribution in [0.25, 0.3) is 60.0 Å². The molecule has 3 aliphatic rings. The van der Waals surface area contributed by atoms with E-state index in [0.29, 0.717) is 0 Å². The van der Waals surface area contributed by atoms with Crippen molar-refractivity contribution in [1.29, 1.82) is 0 Å². The first-order valence-electron chi connectivity index (χ1n) is 19.3. The topological polar surface area (TPSA) is 6.48 Å². The number of hydrogen-bond donors (Lipinski definition) is 0. The van der Waals surface area contributed by atoms with Crippen LogP contribution < -0.4 is 9.80 Å². The minimum absolute atomic E-state index is 1.02. The van der Waals surface area contributed by atoms with Gasteiger partial charge in [0.25, 0.3) is 0 Å². The predicted octanol–water partition coefficient (Wildman–Crippen LogP) is 13.7. The van der Waals surface area contributed by atoms with Crippen molar-refractivity contribution in [2.24, 2.45) is 0 Å². The second-order valence-electron chi connectivity index (χ2n) is 14.9. The second kappa shape index (κ2) is 12.5. The van der Waals surface area contributed by atoms with Crippen LogP contribution in [-0.2, 0) is 19.3 Å². The van der Waals surface area contributed by atoms with E-state index in [1.165, 1.54) is 98.2 Å². The van der Waals surface area contributed by atoms with E-state index in [1.54, 1.807) is 0 Å². The van der Waals surface area contributed by atoms with Gasteiger partial charge in [-0.3, -0.25) is 0 Å². The van der Waals surface area contributed by atoms with Crippen LogP contribution in [0.3, 0.4) is 0 Å². The summed E-state index contributed by atoms with van der Waals surface area (Å²) in [5.41, 5.74) is 14.7. The molecule has 0 unspecified atom stereocenters. The SMILES string of the molecule is C1=Cc2c(sc3ccc(-c4c5ccc(N6CCCc7ccccc76)cc5c(-c5ccccc5)c5ccc(N6CCCc7ccccc76)cc45)cc23)CC1. The summed E-state index contributed by atoms with van der Waals surface area (Å²) in [5, 5.41) is 6.61. The molecule has 0 saturated carbocycles. The molecule has 0 bridgehead atoms. The number of hydrogen-bond acceptors (Lipinski definition) is 3. The number of benzene rings is 7. The van der Waals surface area contributed by atoms with Crippen LogP contribution in [0.1, 0.15) is 40.8 Å². The first-order chi connectivity index (χ1) is 26.3. The number of thiophene rings is 1. The minimum Gasteiger partial charge on any atom is -0.341 e. The molecular formula is C50H40N2S. The minimum atomic E-state index is 1.02. The Labute approximate surface area is 315 Å². The van der Waals surface area contributed by atoms with Crippen LogP contribution in [0.2, 0.25) is 0 Å². The van der Waals surface area contributed by atoms with Crippen LogP contribution in [0.5, 0.6) is 0 Å². The summed E-state index contributed by atoms with van der Waals surface area (Å²) >= 11 is 1.97. The first kappa shape index (κ1) is 30.9. The summed E-state index contributed by atoms with van der Waals surface area (Å²) in [6, 6.07) is 50.9. The average molecular weight is 701 g/mol. The van der Waals surface area contributed by atoms with Crippen molar-refractivity contribution in [3.63, 3.8) is 0 Å². The monoisotopic (exact) mass is 700 g/mol. The smallest absolute Gasteiger partial charge is 0.0443 e. The number of anilines is 4. The zero-order chi connectivity index (χ0) is 34.9. The summed E-state index contributed by atoms with van der Waals surface area (Å²) in [7, 11) is 0. The molecule has 0 spiro atoms. The van der Waals surface area contributed by atoms with Crippen molar-refractivity contribution in [1.82, 2.24) is 0 Å². The standard InChI is InChI=1S/C50H40N2S/c1-2-14-35(15-3-1)49-40-25-23-38(52-29-11-17-34-13-5-8-20-46(34)52)32-44(40)50(36-22-27-48-42(30-36)39-18-6-9-21-47(39)53-48)41-26-24-37(31-43(41)49)51-28-10-16-33-12-4-7-19-45(33)51/h1-8,12-15,18-20,22-27,30-32H,9-11,16-17,21,28-29H2. The molecule has 0 amide bonds. The van der Waals surface area contributed by atoms with Gasteiger partial charge in [-0.25, -0.2) is 0 Å². The van der Waals surface area contributed by atoms with Gasteiger partial charge in [0.1, 0.15) is 0 Å². The molecule has 11 rings (SSSR count). The van der Waals surface area contributed by atoms with Gasteiger partial charge >= 0.3 is 0 Å². The summed E-state index contributed by atoms with van der Waals surface area (Å²) in [5.74, 6) is 0. The van der Waals surface area contributed by atoms with Crippen LogP contribution >= 0.6 is 11.3 Å². The molecule has 2 aliphatic heterocycles. The Hall–Kier alpha value is -5.64. The van der Waals surface area contributed by atoms with Crippen LogP contribution in [0, 0.1) is 0 Å². The number of rotatable bonds is 4. The van der Waals surface area contributed by atoms with E-state index in [4.69, 9.17) is 0 Å². The fourth-order valence-corrected chi connectivity index (χ4v) is 10.7. The number of fused-ring (bicyclic) bond motifs is 7. The molecule has 0 fully saturated rings. The van der Waals surface area contributed by atoms with E-state index in [0.717, 1.165) is 51.6 Å². The van der Waals surface area contributed by atoms with Gasteiger partial charge in [0.15, 0.2) is 0 Å². The molecular weight excluding hydrogens is 661 g/mol. The number of nitrogens with zero attached hydrogens (tertiary/aromatic N) is 2. The lowest BCUT2D eigenvalue weighted by Crippen LogP contribution is -2.24. The molecule has 0 atom stereocenters. The molecule has 0 radical (unpaired) electrons. The first-order valence-corrected chi connectivity index (χ1v) is 20.1. The van der Waals surface area contributed by atoms with Crippen molar-refractivity contribution in [2.45, 2.75) is 38.5 Å². The van der Waals surface area contributed by atoms with E-state index in [2.05, 4.69) is 155 Å². The summed E-state index contributed by atoms with van der Waals surface area (Å²) in [6.07, 6.45) is 11.6. The third kappa shape index (κ3) is 5.05. The highest BCUT2D eigenvalue weighted by Gasteiger charge is 2.24. The normalized spacial score (nSPS) is 15.2. The van der Waals surface area contributed by atoms with Gasteiger partial charge < -0.3 is 9.80 Å². The Balaban J connectivity index is 1.22. The summed E-state index contributed by atoms with van der Waals surface area (Å²) in [4.78, 5) is 6.62. The predicted molar refractivity (Wildman–Crippen MR) is 229 cm³/mol. The number of para-hydroxylation sites is 2. The van der Waals surface area contributed by atoms with Gasteiger partial charge in [-0.05, 0) is 148 Å². The summed E-state index contributed by atoms with van der Waals surface area (Å²) in [6.45, 7) is 2.05. The maximum Gasteiger partial charge on any atom is 0.0443 e. The molecule has 8 aromatic rings. The van der Waals surface area contributed by atoms with Gasteiger partial charge in [0.05, 0.1) is 0 Å². The Kier molecular flexibility index (Phi) is 7.30. The zero-order valence-electron chi connectivity index (χ0n) is 29.8. The fraction of sp³-hybridized carbons (Fsp3) is 0.160. The molecule has 0 N–H and O–H groups in total. The maximum absolute atomic E-state index is 2.55. The third-order valence-corrected chi connectivity index (χ3v) is 13.2. The highest BCUT2D eigenvalue weighted by molar-refractivity contribution is 7.19. The molecule has 0 saturated heterocycles. The van der Waals surface area contributed by atoms with Crippen LogP contribution in [-0.4, -0.2) is 13.1 Å². The van der Waals surface area contributed by atoms with Gasteiger partial charge in [0, 0.05) is 50.8 Å². The number of allylic oxidation sites excluding steroid dienone is 1. The van der Waals surface area contributed by atoms with E-state index in [9.17, 15) is 0 Å². The Morgan fingerprint density at radius 3 is 1.74 bits per heavy atom. The third-order valence-electron chi connectivity index (χ3n) is 11.9. The highest BCUT2D eigenvalue weighted by Crippen LogP contribution is 2.49. The van der Waals surface area contributed by atoms with Gasteiger partial charge in [-0.2, -0.15) is 0 Å². The Morgan fingerprint density at radius 1 is 0.472 bits per heavy atom. The molecule has 256 valence electrons. The van der Waals surface area contributed by atoms with Crippen molar-refractivity contribution in [3.05, 3.63) is 161 Å². The molecule has 7 aromatic carbocycles. The van der Waals surface area contributed by atoms with Crippen molar-refractivity contribution >= 4 is 71.8 Å². The highest BCUT2D eigenvalue weighted by atomic mass is 32.1. The van der Waals surface area contributed by atoms with Crippen LogP contribution in [0.15, 0.2) is 140 Å².